The first kappa shape index (κ1) is 16.4. The number of benzene rings is 1. The van der Waals surface area contributed by atoms with Crippen LogP contribution < -0.4 is 4.72 Å². The van der Waals surface area contributed by atoms with E-state index < -0.39 is 15.8 Å². The van der Waals surface area contributed by atoms with Crippen molar-refractivity contribution < 1.29 is 12.8 Å². The molecule has 2 aromatic heterocycles. The van der Waals surface area contributed by atoms with Crippen molar-refractivity contribution in [3.8, 4) is 0 Å². The Hall–Kier alpha value is -2.03. The molecule has 1 aliphatic rings. The quantitative estimate of drug-likeness (QED) is 0.738. The Balaban J connectivity index is 1.63. The average Bonchev–Trinajstić information content (AvgIpc) is 3.35. The van der Waals surface area contributed by atoms with Crippen LogP contribution in [0.2, 0.25) is 5.02 Å². The third-order valence-electron chi connectivity index (χ3n) is 4.06. The number of sulfonamides is 1. The molecule has 0 bridgehead atoms. The van der Waals surface area contributed by atoms with Crippen LogP contribution in [-0.4, -0.2) is 23.0 Å². The predicted octanol–water partition coefficient (Wildman–Crippen LogP) is 3.04. The molecule has 25 heavy (non-hydrogen) atoms. The highest BCUT2D eigenvalue weighted by molar-refractivity contribution is 7.89. The van der Waals surface area contributed by atoms with Crippen molar-refractivity contribution in [2.24, 2.45) is 0 Å². The highest BCUT2D eigenvalue weighted by Gasteiger charge is 2.29. The standard InChI is InChI=1S/C16H14ClFN4O2S/c17-12-8-11(5-6-13(12)18)25(23,24)20-9-15-21-14-2-1-7-19-16(14)22(15)10-3-4-10/h1-2,5-8,10,20H,3-4,9H2. The van der Waals surface area contributed by atoms with Gasteiger partial charge in [0.15, 0.2) is 5.65 Å². The molecule has 1 saturated carbocycles. The third kappa shape index (κ3) is 3.12. The molecular formula is C16H14ClFN4O2S. The third-order valence-corrected chi connectivity index (χ3v) is 5.74. The summed E-state index contributed by atoms with van der Waals surface area (Å²) in [5.74, 6) is -0.0600. The van der Waals surface area contributed by atoms with Gasteiger partial charge in [0.1, 0.15) is 17.2 Å². The summed E-state index contributed by atoms with van der Waals surface area (Å²) in [7, 11) is -3.83. The minimum absolute atomic E-state index is 0.0180. The summed E-state index contributed by atoms with van der Waals surface area (Å²) in [6.07, 6.45) is 3.74. The highest BCUT2D eigenvalue weighted by Crippen LogP contribution is 2.38. The molecule has 0 atom stereocenters. The topological polar surface area (TPSA) is 76.9 Å². The molecule has 1 fully saturated rings. The van der Waals surface area contributed by atoms with Crippen molar-refractivity contribution in [1.29, 1.82) is 0 Å². The monoisotopic (exact) mass is 380 g/mol. The van der Waals surface area contributed by atoms with Crippen LogP contribution in [0.4, 0.5) is 4.39 Å². The minimum atomic E-state index is -3.83. The molecule has 4 rings (SSSR count). The number of aromatic nitrogens is 3. The van der Waals surface area contributed by atoms with Crippen LogP contribution in [0, 0.1) is 5.82 Å². The molecule has 2 heterocycles. The maximum Gasteiger partial charge on any atom is 0.241 e. The normalized spacial score (nSPS) is 15.0. The van der Waals surface area contributed by atoms with Crippen LogP contribution in [0.15, 0.2) is 41.4 Å². The lowest BCUT2D eigenvalue weighted by molar-refractivity contribution is 0.574. The lowest BCUT2D eigenvalue weighted by atomic mass is 10.3. The molecule has 0 amide bonds. The summed E-state index contributed by atoms with van der Waals surface area (Å²) in [6, 6.07) is 7.24. The summed E-state index contributed by atoms with van der Waals surface area (Å²) in [5, 5.41) is -0.239. The second kappa shape index (κ2) is 6.05. The fourth-order valence-electron chi connectivity index (χ4n) is 2.70. The molecule has 1 N–H and O–H groups in total. The summed E-state index contributed by atoms with van der Waals surface area (Å²) >= 11 is 5.67. The molecule has 6 nitrogen and oxygen atoms in total. The molecule has 0 spiro atoms. The smallest absolute Gasteiger partial charge is 0.241 e. The fraction of sp³-hybridized carbons (Fsp3) is 0.250. The zero-order chi connectivity index (χ0) is 17.6. The SMILES string of the molecule is O=S(=O)(NCc1nc2cccnc2n1C1CC1)c1ccc(F)c(Cl)c1. The van der Waals surface area contributed by atoms with Crippen molar-refractivity contribution >= 4 is 32.8 Å². The van der Waals surface area contributed by atoms with Crippen molar-refractivity contribution in [3.05, 3.63) is 53.2 Å². The molecule has 0 radical (unpaired) electrons. The zero-order valence-corrected chi connectivity index (χ0v) is 14.6. The van der Waals surface area contributed by atoms with Gasteiger partial charge in [0.05, 0.1) is 16.5 Å². The summed E-state index contributed by atoms with van der Waals surface area (Å²) in [5.41, 5.74) is 1.48. The molecule has 1 aromatic carbocycles. The average molecular weight is 381 g/mol. The number of rotatable bonds is 5. The first-order chi connectivity index (χ1) is 12.0. The van der Waals surface area contributed by atoms with Gasteiger partial charge in [-0.3, -0.25) is 0 Å². The van der Waals surface area contributed by atoms with Crippen LogP contribution in [0.1, 0.15) is 24.7 Å². The number of halogens is 2. The number of pyridine rings is 1. The number of hydrogen-bond acceptors (Lipinski definition) is 4. The van der Waals surface area contributed by atoms with Crippen LogP contribution in [0.25, 0.3) is 11.2 Å². The van der Waals surface area contributed by atoms with Gasteiger partial charge in [0.25, 0.3) is 0 Å². The van der Waals surface area contributed by atoms with E-state index in [1.54, 1.807) is 12.3 Å². The van der Waals surface area contributed by atoms with Gasteiger partial charge < -0.3 is 4.57 Å². The van der Waals surface area contributed by atoms with Crippen LogP contribution in [0.5, 0.6) is 0 Å². The van der Waals surface area contributed by atoms with E-state index in [4.69, 9.17) is 11.6 Å². The molecule has 3 aromatic rings. The largest absolute Gasteiger partial charge is 0.308 e. The Kier molecular flexibility index (Phi) is 3.98. The number of hydrogen-bond donors (Lipinski definition) is 1. The number of nitrogens with zero attached hydrogens (tertiary/aromatic N) is 3. The number of fused-ring (bicyclic) bond motifs is 1. The first-order valence-electron chi connectivity index (χ1n) is 7.72. The summed E-state index contributed by atoms with van der Waals surface area (Å²) < 4.78 is 42.6. The lowest BCUT2D eigenvalue weighted by Crippen LogP contribution is -2.25. The Labute approximate surface area is 148 Å². The second-order valence-electron chi connectivity index (χ2n) is 5.88. The maximum atomic E-state index is 13.2. The molecular weight excluding hydrogens is 367 g/mol. The van der Waals surface area contributed by atoms with Gasteiger partial charge in [0, 0.05) is 12.2 Å². The van der Waals surface area contributed by atoms with E-state index in [2.05, 4.69) is 14.7 Å². The minimum Gasteiger partial charge on any atom is -0.308 e. The van der Waals surface area contributed by atoms with Gasteiger partial charge >= 0.3 is 0 Å². The van der Waals surface area contributed by atoms with Crippen molar-refractivity contribution in [2.45, 2.75) is 30.3 Å². The van der Waals surface area contributed by atoms with E-state index in [1.807, 2.05) is 10.6 Å². The van der Waals surface area contributed by atoms with Crippen LogP contribution in [0.3, 0.4) is 0 Å². The maximum absolute atomic E-state index is 13.2. The Morgan fingerprint density at radius 2 is 2.12 bits per heavy atom. The molecule has 0 unspecified atom stereocenters. The van der Waals surface area contributed by atoms with E-state index in [0.717, 1.165) is 36.1 Å². The fourth-order valence-corrected chi connectivity index (χ4v) is 3.96. The highest BCUT2D eigenvalue weighted by atomic mass is 35.5. The van der Waals surface area contributed by atoms with Gasteiger partial charge in [-0.25, -0.2) is 27.5 Å². The Morgan fingerprint density at radius 1 is 1.32 bits per heavy atom. The van der Waals surface area contributed by atoms with E-state index in [0.29, 0.717) is 11.9 Å². The number of nitrogens with one attached hydrogen (secondary N) is 1. The second-order valence-corrected chi connectivity index (χ2v) is 8.05. The van der Waals surface area contributed by atoms with E-state index in [1.165, 1.54) is 6.07 Å². The summed E-state index contributed by atoms with van der Waals surface area (Å²) in [4.78, 5) is 8.75. The number of imidazole rings is 1. The molecule has 0 saturated heterocycles. The first-order valence-corrected chi connectivity index (χ1v) is 9.58. The van der Waals surface area contributed by atoms with Crippen molar-refractivity contribution in [1.82, 2.24) is 19.3 Å². The van der Waals surface area contributed by atoms with Gasteiger partial charge in [-0.2, -0.15) is 0 Å². The van der Waals surface area contributed by atoms with E-state index in [-0.39, 0.29) is 16.5 Å². The summed E-state index contributed by atoms with van der Waals surface area (Å²) in [6.45, 7) is 0.0180. The van der Waals surface area contributed by atoms with Crippen LogP contribution >= 0.6 is 11.6 Å². The van der Waals surface area contributed by atoms with Crippen molar-refractivity contribution in [3.63, 3.8) is 0 Å². The lowest BCUT2D eigenvalue weighted by Gasteiger charge is -2.09. The van der Waals surface area contributed by atoms with Gasteiger partial charge in [0.2, 0.25) is 10.0 Å². The molecule has 9 heteroatoms. The zero-order valence-electron chi connectivity index (χ0n) is 13.0. The van der Waals surface area contributed by atoms with Gasteiger partial charge in [-0.15, -0.1) is 0 Å². The molecule has 0 aliphatic heterocycles. The van der Waals surface area contributed by atoms with E-state index >= 15 is 0 Å². The van der Waals surface area contributed by atoms with Gasteiger partial charge in [-0.05, 0) is 43.2 Å². The van der Waals surface area contributed by atoms with Gasteiger partial charge in [-0.1, -0.05) is 11.6 Å². The Bertz CT molecular complexity index is 1060. The van der Waals surface area contributed by atoms with Crippen LogP contribution in [-0.2, 0) is 16.6 Å². The Morgan fingerprint density at radius 3 is 2.84 bits per heavy atom. The van der Waals surface area contributed by atoms with Crippen molar-refractivity contribution in [2.75, 3.05) is 0 Å². The predicted molar refractivity (Wildman–Crippen MR) is 91.2 cm³/mol. The molecule has 130 valence electrons. The van der Waals surface area contributed by atoms with E-state index in [9.17, 15) is 12.8 Å². The molecule has 1 aliphatic carbocycles.